The summed E-state index contributed by atoms with van der Waals surface area (Å²) in [7, 11) is 0. The lowest BCUT2D eigenvalue weighted by Crippen LogP contribution is -2.40. The molecule has 2 N–H and O–H groups in total. The van der Waals surface area contributed by atoms with Crippen LogP contribution in [0.1, 0.15) is 53.3 Å². The minimum absolute atomic E-state index is 0.0968. The highest BCUT2D eigenvalue weighted by molar-refractivity contribution is 14.1. The van der Waals surface area contributed by atoms with Crippen molar-refractivity contribution in [1.82, 2.24) is 9.88 Å². The highest BCUT2D eigenvalue weighted by atomic mass is 127. The van der Waals surface area contributed by atoms with Gasteiger partial charge in [-0.15, -0.1) is 0 Å². The third-order valence-corrected chi connectivity index (χ3v) is 9.57. The summed E-state index contributed by atoms with van der Waals surface area (Å²) in [5.74, 6) is -0.879. The summed E-state index contributed by atoms with van der Waals surface area (Å²) >= 11 is 9.04. The van der Waals surface area contributed by atoms with E-state index in [2.05, 4.69) is 75.5 Å². The number of aliphatic carboxylic acids is 1. The molecule has 39 heavy (non-hydrogen) atoms. The number of benzene rings is 2. The van der Waals surface area contributed by atoms with Crippen molar-refractivity contribution in [3.8, 4) is 11.1 Å². The van der Waals surface area contributed by atoms with Crippen molar-refractivity contribution < 1.29 is 15.0 Å². The van der Waals surface area contributed by atoms with Crippen LogP contribution in [0.15, 0.2) is 42.6 Å². The first-order valence-corrected chi connectivity index (χ1v) is 15.0. The zero-order valence-corrected chi connectivity index (χ0v) is 25.4. The van der Waals surface area contributed by atoms with E-state index < -0.39 is 5.97 Å². The van der Waals surface area contributed by atoms with Gasteiger partial charge in [0.25, 0.3) is 0 Å². The van der Waals surface area contributed by atoms with Crippen LogP contribution in [0.4, 0.5) is 5.69 Å². The molecule has 0 saturated carbocycles. The van der Waals surface area contributed by atoms with Gasteiger partial charge in [-0.2, -0.15) is 0 Å². The standard InChI is InChI=1S/C31H35ClIN3O3/c1-20-4-3-5-26(32)25(20)18-35-11-8-21-14-22(6-7-23(21)17-35)29-27(19-37)34-16-24(15-28(38)39)30(29)36-12-9-31(2,33)10-13-36/h3-7,14,16,37H,8-13,15,17-19H2,1-2H3,(H,38,39). The molecule has 3 aromatic rings. The van der Waals surface area contributed by atoms with Crippen molar-refractivity contribution in [2.24, 2.45) is 0 Å². The number of aliphatic hydroxyl groups is 1. The van der Waals surface area contributed by atoms with Crippen molar-refractivity contribution in [3.63, 3.8) is 0 Å². The van der Waals surface area contributed by atoms with Crippen molar-refractivity contribution >= 4 is 45.8 Å². The van der Waals surface area contributed by atoms with Gasteiger partial charge in [0.05, 0.1) is 24.4 Å². The molecule has 0 radical (unpaired) electrons. The number of rotatable bonds is 7. The number of fused-ring (bicyclic) bond motifs is 1. The highest BCUT2D eigenvalue weighted by Crippen LogP contribution is 2.41. The zero-order valence-electron chi connectivity index (χ0n) is 22.5. The first-order chi connectivity index (χ1) is 18.6. The quantitative estimate of drug-likeness (QED) is 0.233. The molecule has 0 spiro atoms. The van der Waals surface area contributed by atoms with Crippen molar-refractivity contribution in [1.29, 1.82) is 0 Å². The normalized spacial score (nSPS) is 17.2. The Morgan fingerprint density at radius 3 is 2.62 bits per heavy atom. The van der Waals surface area contributed by atoms with Gasteiger partial charge >= 0.3 is 5.97 Å². The molecule has 1 fully saturated rings. The van der Waals surface area contributed by atoms with E-state index in [0.717, 1.165) is 73.8 Å². The Bertz CT molecular complexity index is 1360. The number of carboxylic acid groups (broad SMARTS) is 1. The molecule has 2 aliphatic heterocycles. The number of halogens is 2. The molecule has 3 heterocycles. The molecule has 0 aliphatic carbocycles. The van der Waals surface area contributed by atoms with Crippen molar-refractivity contribution in [3.05, 3.63) is 81.1 Å². The monoisotopic (exact) mass is 659 g/mol. The number of aryl methyl sites for hydroxylation is 1. The first-order valence-electron chi connectivity index (χ1n) is 13.5. The number of anilines is 1. The van der Waals surface area contributed by atoms with Crippen LogP contribution in [-0.4, -0.2) is 49.1 Å². The lowest BCUT2D eigenvalue weighted by atomic mass is 9.90. The topological polar surface area (TPSA) is 76.9 Å². The number of nitrogens with zero attached hydrogens (tertiary/aromatic N) is 3. The van der Waals surface area contributed by atoms with Crippen molar-refractivity contribution in [2.75, 3.05) is 24.5 Å². The predicted molar refractivity (Wildman–Crippen MR) is 165 cm³/mol. The van der Waals surface area contributed by atoms with E-state index >= 15 is 0 Å². The van der Waals surface area contributed by atoms with Gasteiger partial charge in [0.15, 0.2) is 0 Å². The largest absolute Gasteiger partial charge is 0.481 e. The minimum atomic E-state index is -0.879. The fourth-order valence-electron chi connectivity index (χ4n) is 5.84. The maximum absolute atomic E-state index is 11.8. The minimum Gasteiger partial charge on any atom is -0.481 e. The van der Waals surface area contributed by atoms with E-state index in [-0.39, 0.29) is 16.4 Å². The second-order valence-corrected chi connectivity index (χ2v) is 14.1. The van der Waals surface area contributed by atoms with Gasteiger partial charge in [0, 0.05) is 58.5 Å². The summed E-state index contributed by atoms with van der Waals surface area (Å²) < 4.78 is 0.231. The fraction of sp³-hybridized carbons (Fsp3) is 0.419. The maximum Gasteiger partial charge on any atom is 0.307 e. The van der Waals surface area contributed by atoms with Crippen LogP contribution in [0.3, 0.4) is 0 Å². The van der Waals surface area contributed by atoms with E-state index in [9.17, 15) is 15.0 Å². The van der Waals surface area contributed by atoms with Gasteiger partial charge in [-0.3, -0.25) is 14.7 Å². The van der Waals surface area contributed by atoms with E-state index in [1.807, 2.05) is 12.1 Å². The van der Waals surface area contributed by atoms with Gasteiger partial charge in [-0.1, -0.05) is 71.4 Å². The Morgan fingerprint density at radius 2 is 1.92 bits per heavy atom. The van der Waals surface area contributed by atoms with Crippen LogP contribution in [0.2, 0.25) is 5.02 Å². The van der Waals surface area contributed by atoms with Crippen molar-refractivity contribution in [2.45, 2.75) is 62.6 Å². The molecule has 1 aromatic heterocycles. The smallest absolute Gasteiger partial charge is 0.307 e. The predicted octanol–water partition coefficient (Wildman–Crippen LogP) is 6.18. The molecular weight excluding hydrogens is 625 g/mol. The van der Waals surface area contributed by atoms with E-state index in [1.165, 1.54) is 22.3 Å². The van der Waals surface area contributed by atoms with Crippen LogP contribution in [0.5, 0.6) is 0 Å². The van der Waals surface area contributed by atoms with Crippen LogP contribution in [-0.2, 0) is 37.3 Å². The average molecular weight is 660 g/mol. The lowest BCUT2D eigenvalue weighted by Gasteiger charge is -2.39. The number of aromatic nitrogens is 1. The molecule has 2 aromatic carbocycles. The lowest BCUT2D eigenvalue weighted by molar-refractivity contribution is -0.136. The van der Waals surface area contributed by atoms with Crippen LogP contribution in [0.25, 0.3) is 11.1 Å². The molecule has 5 rings (SSSR count). The molecule has 0 unspecified atom stereocenters. The summed E-state index contributed by atoms with van der Waals surface area (Å²) in [6, 6.07) is 12.6. The number of piperidine rings is 1. The second kappa shape index (κ2) is 11.7. The summed E-state index contributed by atoms with van der Waals surface area (Å²) in [6.07, 6.45) is 4.49. The summed E-state index contributed by atoms with van der Waals surface area (Å²) in [4.78, 5) is 21.1. The highest BCUT2D eigenvalue weighted by Gasteiger charge is 2.31. The molecule has 8 heteroatoms. The summed E-state index contributed by atoms with van der Waals surface area (Å²) in [6.45, 7) is 8.46. The molecule has 1 saturated heterocycles. The molecule has 0 amide bonds. The number of hydrogen-bond acceptors (Lipinski definition) is 5. The van der Waals surface area contributed by atoms with Gasteiger partial charge in [0.2, 0.25) is 0 Å². The Balaban J connectivity index is 1.49. The SMILES string of the molecule is Cc1cccc(Cl)c1CN1CCc2cc(-c3c(CO)ncc(CC(=O)O)c3N3CCC(C)(I)CC3)ccc2C1. The number of pyridine rings is 1. The van der Waals surface area contributed by atoms with Gasteiger partial charge in [0.1, 0.15) is 0 Å². The molecule has 2 aliphatic rings. The number of carbonyl (C=O) groups is 1. The molecule has 0 atom stereocenters. The summed E-state index contributed by atoms with van der Waals surface area (Å²) in [5.41, 5.74) is 9.03. The molecule has 6 nitrogen and oxygen atoms in total. The first kappa shape index (κ1) is 28.3. The zero-order chi connectivity index (χ0) is 27.7. The Hall–Kier alpha value is -2.20. The number of alkyl halides is 1. The van der Waals surface area contributed by atoms with Gasteiger partial charge < -0.3 is 15.1 Å². The molecule has 0 bridgehead atoms. The third-order valence-electron chi connectivity index (χ3n) is 8.14. The maximum atomic E-state index is 11.8. The number of carboxylic acids is 1. The number of hydrogen-bond donors (Lipinski definition) is 2. The molecule has 206 valence electrons. The fourth-order valence-corrected chi connectivity index (χ4v) is 6.61. The Labute approximate surface area is 249 Å². The van der Waals surface area contributed by atoms with Crippen LogP contribution < -0.4 is 4.90 Å². The average Bonchev–Trinajstić information content (AvgIpc) is 2.90. The second-order valence-electron chi connectivity index (χ2n) is 11.1. The molecular formula is C31H35ClIN3O3. The Kier molecular flexibility index (Phi) is 8.52. The van der Waals surface area contributed by atoms with E-state index in [1.54, 1.807) is 6.20 Å². The van der Waals surface area contributed by atoms with Crippen LogP contribution >= 0.6 is 34.2 Å². The van der Waals surface area contributed by atoms with Gasteiger partial charge in [-0.25, -0.2) is 0 Å². The Morgan fingerprint density at radius 1 is 1.15 bits per heavy atom. The van der Waals surface area contributed by atoms with Gasteiger partial charge in [-0.05, 0) is 60.1 Å². The van der Waals surface area contributed by atoms with Crippen LogP contribution in [0, 0.1) is 6.92 Å². The third kappa shape index (κ3) is 6.26. The summed E-state index contributed by atoms with van der Waals surface area (Å²) in [5, 5.41) is 20.8. The van der Waals surface area contributed by atoms with E-state index in [4.69, 9.17) is 11.6 Å². The number of aliphatic hydroxyl groups excluding tert-OH is 1. The van der Waals surface area contributed by atoms with E-state index in [0.29, 0.717) is 11.3 Å².